The van der Waals surface area contributed by atoms with Crippen LogP contribution >= 0.6 is 0 Å². The molecule has 0 unspecified atom stereocenters. The van der Waals surface area contributed by atoms with Gasteiger partial charge in [-0.15, -0.1) is 0 Å². The molecule has 88 valence electrons. The van der Waals surface area contributed by atoms with E-state index in [9.17, 15) is 4.39 Å². The van der Waals surface area contributed by atoms with Crippen molar-refractivity contribution in [2.75, 3.05) is 11.9 Å². The van der Waals surface area contributed by atoms with Gasteiger partial charge in [0.05, 0.1) is 6.20 Å². The maximum Gasteiger partial charge on any atom is 0.180 e. The number of pyridine rings is 1. The van der Waals surface area contributed by atoms with E-state index in [1.54, 1.807) is 18.3 Å². The van der Waals surface area contributed by atoms with Crippen molar-refractivity contribution in [3.63, 3.8) is 0 Å². The van der Waals surface area contributed by atoms with E-state index >= 15 is 0 Å². The topological polar surface area (TPSA) is 50.7 Å². The van der Waals surface area contributed by atoms with Gasteiger partial charge in [0, 0.05) is 12.7 Å². The van der Waals surface area contributed by atoms with Crippen LogP contribution in [0.3, 0.4) is 0 Å². The second-order valence-corrected chi connectivity index (χ2v) is 3.55. The van der Waals surface area contributed by atoms with Gasteiger partial charge in [-0.2, -0.15) is 0 Å². The predicted molar refractivity (Wildman–Crippen MR) is 64.0 cm³/mol. The Bertz CT molecular complexity index is 484. The van der Waals surface area contributed by atoms with Crippen LogP contribution in [0.15, 0.2) is 30.6 Å². The van der Waals surface area contributed by atoms with E-state index < -0.39 is 0 Å². The largest absolute Gasteiger partial charge is 0.370 e. The minimum absolute atomic E-state index is 0.367. The summed E-state index contributed by atoms with van der Waals surface area (Å²) in [5, 5.41) is 3.16. The van der Waals surface area contributed by atoms with E-state index in [1.165, 1.54) is 6.07 Å². The van der Waals surface area contributed by atoms with Crippen LogP contribution in [0.25, 0.3) is 11.5 Å². The van der Waals surface area contributed by atoms with E-state index in [4.69, 9.17) is 0 Å². The van der Waals surface area contributed by atoms with Crippen LogP contribution in [0.4, 0.5) is 10.2 Å². The second kappa shape index (κ2) is 5.34. The molecule has 0 aliphatic rings. The summed E-state index contributed by atoms with van der Waals surface area (Å²) >= 11 is 0. The van der Waals surface area contributed by atoms with Crippen LogP contribution in [0, 0.1) is 5.82 Å². The summed E-state index contributed by atoms with van der Waals surface area (Å²) in [6.45, 7) is 2.93. The molecule has 17 heavy (non-hydrogen) atoms. The zero-order valence-corrected chi connectivity index (χ0v) is 9.52. The summed E-state index contributed by atoms with van der Waals surface area (Å²) in [5.74, 6) is 0.878. The van der Waals surface area contributed by atoms with Crippen molar-refractivity contribution in [3.05, 3.63) is 36.4 Å². The number of nitrogens with zero attached hydrogens (tertiary/aromatic N) is 3. The minimum Gasteiger partial charge on any atom is -0.370 e. The maximum absolute atomic E-state index is 12.7. The Balaban J connectivity index is 2.23. The van der Waals surface area contributed by atoms with Crippen LogP contribution in [0.1, 0.15) is 13.3 Å². The summed E-state index contributed by atoms with van der Waals surface area (Å²) in [5.41, 5.74) is 0.562. The third kappa shape index (κ3) is 2.96. The van der Waals surface area contributed by atoms with Crippen molar-refractivity contribution in [1.29, 1.82) is 0 Å². The van der Waals surface area contributed by atoms with Gasteiger partial charge in [0.1, 0.15) is 17.3 Å². The number of rotatable bonds is 4. The molecular weight excluding hydrogens is 219 g/mol. The highest BCUT2D eigenvalue weighted by molar-refractivity contribution is 5.51. The standard InChI is InChI=1S/C12H13FN4/c1-2-6-14-11-5-7-15-12(17-11)10-4-3-9(13)8-16-10/h3-5,7-8H,2,6H2,1H3,(H,14,15,17). The molecule has 0 aliphatic heterocycles. The van der Waals surface area contributed by atoms with Crippen LogP contribution < -0.4 is 5.32 Å². The Labute approximate surface area is 99.0 Å². The monoisotopic (exact) mass is 232 g/mol. The van der Waals surface area contributed by atoms with Gasteiger partial charge in [-0.05, 0) is 24.6 Å². The Morgan fingerprint density at radius 3 is 2.82 bits per heavy atom. The summed E-state index contributed by atoms with van der Waals surface area (Å²) in [6, 6.07) is 4.70. The maximum atomic E-state index is 12.7. The fraction of sp³-hybridized carbons (Fsp3) is 0.250. The molecular formula is C12H13FN4. The van der Waals surface area contributed by atoms with E-state index in [-0.39, 0.29) is 5.82 Å². The lowest BCUT2D eigenvalue weighted by molar-refractivity contribution is 0.621. The highest BCUT2D eigenvalue weighted by Crippen LogP contribution is 2.13. The minimum atomic E-state index is -0.367. The van der Waals surface area contributed by atoms with Gasteiger partial charge in [-0.3, -0.25) is 0 Å². The quantitative estimate of drug-likeness (QED) is 0.879. The summed E-state index contributed by atoms with van der Waals surface area (Å²) in [7, 11) is 0. The fourth-order valence-corrected chi connectivity index (χ4v) is 1.34. The third-order valence-corrected chi connectivity index (χ3v) is 2.17. The lowest BCUT2D eigenvalue weighted by Crippen LogP contribution is -2.03. The molecule has 0 bridgehead atoms. The van der Waals surface area contributed by atoms with Gasteiger partial charge >= 0.3 is 0 Å². The molecule has 0 spiro atoms. The molecule has 0 atom stereocenters. The van der Waals surface area contributed by atoms with Gasteiger partial charge in [0.2, 0.25) is 0 Å². The van der Waals surface area contributed by atoms with Gasteiger partial charge < -0.3 is 5.32 Å². The van der Waals surface area contributed by atoms with E-state index in [0.29, 0.717) is 11.5 Å². The Hall–Kier alpha value is -2.04. The molecule has 0 amide bonds. The van der Waals surface area contributed by atoms with Crippen LogP contribution in [-0.4, -0.2) is 21.5 Å². The first-order valence-electron chi connectivity index (χ1n) is 5.48. The number of hydrogen-bond donors (Lipinski definition) is 1. The first kappa shape index (κ1) is 11.4. The first-order chi connectivity index (χ1) is 8.29. The number of halogens is 1. The van der Waals surface area contributed by atoms with Gasteiger partial charge in [0.25, 0.3) is 0 Å². The number of nitrogens with one attached hydrogen (secondary N) is 1. The van der Waals surface area contributed by atoms with E-state index in [0.717, 1.165) is 25.0 Å². The molecule has 0 fully saturated rings. The molecule has 1 N–H and O–H groups in total. The third-order valence-electron chi connectivity index (χ3n) is 2.17. The molecule has 0 radical (unpaired) electrons. The second-order valence-electron chi connectivity index (χ2n) is 3.55. The highest BCUT2D eigenvalue weighted by Gasteiger charge is 2.03. The lowest BCUT2D eigenvalue weighted by Gasteiger charge is -2.04. The van der Waals surface area contributed by atoms with Crippen molar-refractivity contribution in [2.24, 2.45) is 0 Å². The van der Waals surface area contributed by atoms with E-state index in [2.05, 4.69) is 27.2 Å². The first-order valence-corrected chi connectivity index (χ1v) is 5.48. The molecule has 2 rings (SSSR count). The normalized spacial score (nSPS) is 10.2. The van der Waals surface area contributed by atoms with E-state index in [1.807, 2.05) is 0 Å². The molecule has 2 aromatic heterocycles. The zero-order valence-electron chi connectivity index (χ0n) is 9.52. The average Bonchev–Trinajstić information content (AvgIpc) is 2.37. The summed E-state index contributed by atoms with van der Waals surface area (Å²) in [4.78, 5) is 12.4. The van der Waals surface area contributed by atoms with Crippen LogP contribution in [0.5, 0.6) is 0 Å². The van der Waals surface area contributed by atoms with Crippen LogP contribution in [0.2, 0.25) is 0 Å². The molecule has 0 saturated carbocycles. The fourth-order valence-electron chi connectivity index (χ4n) is 1.34. The number of aromatic nitrogens is 3. The smallest absolute Gasteiger partial charge is 0.180 e. The molecule has 0 saturated heterocycles. The summed E-state index contributed by atoms with van der Waals surface area (Å²) < 4.78 is 12.7. The van der Waals surface area contributed by atoms with Crippen molar-refractivity contribution in [1.82, 2.24) is 15.0 Å². The number of hydrogen-bond acceptors (Lipinski definition) is 4. The molecule has 4 nitrogen and oxygen atoms in total. The SMILES string of the molecule is CCCNc1ccnc(-c2ccc(F)cn2)n1. The predicted octanol–water partition coefficient (Wildman–Crippen LogP) is 2.50. The average molecular weight is 232 g/mol. The lowest BCUT2D eigenvalue weighted by atomic mass is 10.3. The van der Waals surface area contributed by atoms with Crippen molar-refractivity contribution >= 4 is 5.82 Å². The molecule has 2 aromatic rings. The van der Waals surface area contributed by atoms with Gasteiger partial charge in [0.15, 0.2) is 5.82 Å². The number of anilines is 1. The molecule has 2 heterocycles. The zero-order chi connectivity index (χ0) is 12.1. The molecule has 5 heteroatoms. The highest BCUT2D eigenvalue weighted by atomic mass is 19.1. The van der Waals surface area contributed by atoms with Crippen molar-refractivity contribution < 1.29 is 4.39 Å². The van der Waals surface area contributed by atoms with Crippen molar-refractivity contribution in [2.45, 2.75) is 13.3 Å². The van der Waals surface area contributed by atoms with Crippen molar-refractivity contribution in [3.8, 4) is 11.5 Å². The Morgan fingerprint density at radius 1 is 1.24 bits per heavy atom. The van der Waals surface area contributed by atoms with Gasteiger partial charge in [-0.1, -0.05) is 6.92 Å². The Kier molecular flexibility index (Phi) is 3.59. The summed E-state index contributed by atoms with van der Waals surface area (Å²) in [6.07, 6.45) is 3.84. The molecule has 0 aliphatic carbocycles. The van der Waals surface area contributed by atoms with Gasteiger partial charge in [-0.25, -0.2) is 19.3 Å². The Morgan fingerprint density at radius 2 is 2.12 bits per heavy atom. The molecule has 0 aromatic carbocycles. The van der Waals surface area contributed by atoms with Crippen LogP contribution in [-0.2, 0) is 0 Å².